The predicted molar refractivity (Wildman–Crippen MR) is 57.6 cm³/mol. The van der Waals surface area contributed by atoms with Crippen LogP contribution in [0.2, 0.25) is 0 Å². The summed E-state index contributed by atoms with van der Waals surface area (Å²) in [6, 6.07) is -0.300. The maximum absolute atomic E-state index is 11.9. The van der Waals surface area contributed by atoms with Crippen molar-refractivity contribution in [1.29, 1.82) is 0 Å². The Morgan fingerprint density at radius 3 is 2.44 bits per heavy atom. The molecule has 90 valence electrons. The lowest BCUT2D eigenvalue weighted by molar-refractivity contribution is -0.122. The second-order valence-corrected chi connectivity index (χ2v) is 5.60. The molecule has 1 aliphatic heterocycles. The molecule has 16 heavy (non-hydrogen) atoms. The van der Waals surface area contributed by atoms with Crippen molar-refractivity contribution in [3.63, 3.8) is 0 Å². The number of carbonyl (C=O) groups is 2. The summed E-state index contributed by atoms with van der Waals surface area (Å²) in [5.74, 6) is 0.0167. The van der Waals surface area contributed by atoms with Crippen molar-refractivity contribution in [3.8, 4) is 0 Å². The number of piperidine rings is 1. The fourth-order valence-corrected chi connectivity index (χ4v) is 2.29. The average Bonchev–Trinajstić information content (AvgIpc) is 2.73. The van der Waals surface area contributed by atoms with E-state index in [1.54, 1.807) is 0 Å². The van der Waals surface area contributed by atoms with Gasteiger partial charge < -0.3 is 10.5 Å². The van der Waals surface area contributed by atoms with Crippen molar-refractivity contribution in [1.82, 2.24) is 4.90 Å². The zero-order valence-corrected chi connectivity index (χ0v) is 9.90. The molecule has 1 heterocycles. The van der Waals surface area contributed by atoms with Gasteiger partial charge in [0, 0.05) is 6.04 Å². The molecule has 0 radical (unpaired) electrons. The van der Waals surface area contributed by atoms with Crippen LogP contribution in [0.25, 0.3) is 0 Å². The second kappa shape index (κ2) is 3.37. The topological polar surface area (TPSA) is 72.6 Å². The van der Waals surface area contributed by atoms with Crippen molar-refractivity contribution in [2.24, 2.45) is 11.7 Å². The minimum Gasteiger partial charge on any atom is -0.444 e. The van der Waals surface area contributed by atoms with Gasteiger partial charge in [-0.3, -0.25) is 9.69 Å². The molecule has 0 aromatic rings. The van der Waals surface area contributed by atoms with Crippen LogP contribution in [0.4, 0.5) is 4.79 Å². The SMILES string of the molecule is CC(C)(C)OC(=O)N1[C@@H](C(N)=O)C[C@H]2C[C@H]21. The highest BCUT2D eigenvalue weighted by atomic mass is 16.6. The second-order valence-electron chi connectivity index (χ2n) is 5.60. The molecular formula is C11H18N2O3. The van der Waals surface area contributed by atoms with Crippen LogP contribution in [0.3, 0.4) is 0 Å². The maximum atomic E-state index is 11.9. The van der Waals surface area contributed by atoms with Crippen LogP contribution in [0.15, 0.2) is 0 Å². The molecule has 2 amide bonds. The van der Waals surface area contributed by atoms with Gasteiger partial charge in [-0.05, 0) is 39.5 Å². The molecule has 2 aliphatic rings. The van der Waals surface area contributed by atoms with Crippen LogP contribution >= 0.6 is 0 Å². The van der Waals surface area contributed by atoms with Gasteiger partial charge in [-0.2, -0.15) is 0 Å². The van der Waals surface area contributed by atoms with Crippen molar-refractivity contribution in [2.45, 2.75) is 51.3 Å². The average molecular weight is 226 g/mol. The smallest absolute Gasteiger partial charge is 0.411 e. The standard InChI is InChI=1S/C11H18N2O3/c1-11(2,3)16-10(15)13-7-4-6(7)5-8(13)9(12)14/h6-8H,4-5H2,1-3H3,(H2,12,14)/t6-,7-,8-/m1/s1. The summed E-state index contributed by atoms with van der Waals surface area (Å²) in [5.41, 5.74) is 4.75. The van der Waals surface area contributed by atoms with Gasteiger partial charge in [-0.1, -0.05) is 0 Å². The monoisotopic (exact) mass is 226 g/mol. The summed E-state index contributed by atoms with van der Waals surface area (Å²) in [7, 11) is 0. The van der Waals surface area contributed by atoms with Crippen LogP contribution in [-0.4, -0.2) is 34.6 Å². The highest BCUT2D eigenvalue weighted by Crippen LogP contribution is 2.48. The third kappa shape index (κ3) is 1.99. The highest BCUT2D eigenvalue weighted by Gasteiger charge is 2.56. The molecule has 0 bridgehead atoms. The van der Waals surface area contributed by atoms with E-state index in [9.17, 15) is 9.59 Å². The van der Waals surface area contributed by atoms with E-state index in [1.807, 2.05) is 20.8 Å². The molecule has 2 fully saturated rings. The molecule has 0 aromatic heterocycles. The molecule has 2 rings (SSSR count). The van der Waals surface area contributed by atoms with Gasteiger partial charge in [0.15, 0.2) is 0 Å². The number of rotatable bonds is 1. The fourth-order valence-electron chi connectivity index (χ4n) is 2.29. The van der Waals surface area contributed by atoms with Crippen molar-refractivity contribution in [2.75, 3.05) is 0 Å². The van der Waals surface area contributed by atoms with Gasteiger partial charge in [0.05, 0.1) is 0 Å². The zero-order valence-electron chi connectivity index (χ0n) is 9.90. The number of nitrogens with zero attached hydrogens (tertiary/aromatic N) is 1. The minimum atomic E-state index is -0.535. The van der Waals surface area contributed by atoms with E-state index >= 15 is 0 Å². The van der Waals surface area contributed by atoms with Gasteiger partial charge >= 0.3 is 6.09 Å². The van der Waals surface area contributed by atoms with Crippen LogP contribution in [0.1, 0.15) is 33.6 Å². The minimum absolute atomic E-state index is 0.173. The third-order valence-corrected chi connectivity index (χ3v) is 3.04. The first-order valence-corrected chi connectivity index (χ1v) is 5.60. The number of amides is 2. The summed E-state index contributed by atoms with van der Waals surface area (Å²) in [6.07, 6.45) is 1.25. The predicted octanol–water partition coefficient (Wildman–Crippen LogP) is 0.870. The molecule has 5 nitrogen and oxygen atoms in total. The first kappa shape index (κ1) is 11.2. The fraction of sp³-hybridized carbons (Fsp3) is 0.818. The Hall–Kier alpha value is -1.26. The quantitative estimate of drug-likeness (QED) is 0.721. The molecule has 1 aliphatic carbocycles. The Morgan fingerprint density at radius 1 is 1.31 bits per heavy atom. The number of hydrogen-bond donors (Lipinski definition) is 1. The number of hydrogen-bond acceptors (Lipinski definition) is 3. The number of likely N-dealkylation sites (tertiary alicyclic amines) is 1. The Balaban J connectivity index is 2.07. The van der Waals surface area contributed by atoms with Crippen LogP contribution in [-0.2, 0) is 9.53 Å². The summed E-state index contributed by atoms with van der Waals surface area (Å²) >= 11 is 0. The Bertz CT molecular complexity index is 335. The largest absolute Gasteiger partial charge is 0.444 e. The molecule has 1 saturated heterocycles. The molecule has 0 unspecified atom stereocenters. The maximum Gasteiger partial charge on any atom is 0.411 e. The van der Waals surface area contributed by atoms with Gasteiger partial charge in [0.2, 0.25) is 5.91 Å². The van der Waals surface area contributed by atoms with Crippen molar-refractivity contribution < 1.29 is 14.3 Å². The zero-order chi connectivity index (χ0) is 12.1. The van der Waals surface area contributed by atoms with Crippen LogP contribution in [0, 0.1) is 5.92 Å². The number of ether oxygens (including phenoxy) is 1. The molecule has 0 aromatic carbocycles. The van der Waals surface area contributed by atoms with Crippen LogP contribution in [0.5, 0.6) is 0 Å². The number of primary amides is 1. The normalized spacial score (nSPS) is 32.2. The first-order chi connectivity index (χ1) is 7.29. The summed E-state index contributed by atoms with van der Waals surface area (Å²) in [4.78, 5) is 24.7. The Morgan fingerprint density at radius 2 is 1.94 bits per heavy atom. The van der Waals surface area contributed by atoms with Gasteiger partial charge in [0.1, 0.15) is 11.6 Å². The van der Waals surface area contributed by atoms with E-state index < -0.39 is 23.6 Å². The lowest BCUT2D eigenvalue weighted by Crippen LogP contribution is -2.47. The van der Waals surface area contributed by atoms with E-state index in [0.29, 0.717) is 12.3 Å². The van der Waals surface area contributed by atoms with E-state index in [1.165, 1.54) is 4.90 Å². The van der Waals surface area contributed by atoms with Crippen molar-refractivity contribution >= 4 is 12.0 Å². The Labute approximate surface area is 94.9 Å². The van der Waals surface area contributed by atoms with Crippen LogP contribution < -0.4 is 5.73 Å². The van der Waals surface area contributed by atoms with Gasteiger partial charge in [-0.15, -0.1) is 0 Å². The summed E-state index contributed by atoms with van der Waals surface area (Å²) in [6.45, 7) is 5.43. The third-order valence-electron chi connectivity index (χ3n) is 3.04. The van der Waals surface area contributed by atoms with Gasteiger partial charge in [0.25, 0.3) is 0 Å². The molecule has 3 atom stereocenters. The number of fused-ring (bicyclic) bond motifs is 1. The highest BCUT2D eigenvalue weighted by molar-refractivity contribution is 5.85. The summed E-state index contributed by atoms with van der Waals surface area (Å²) in [5, 5.41) is 0. The van der Waals surface area contributed by atoms with Gasteiger partial charge in [-0.25, -0.2) is 4.79 Å². The lowest BCUT2D eigenvalue weighted by Gasteiger charge is -2.28. The van der Waals surface area contributed by atoms with E-state index in [4.69, 9.17) is 10.5 Å². The molecule has 0 spiro atoms. The van der Waals surface area contributed by atoms with E-state index in [0.717, 1.165) is 6.42 Å². The number of nitrogens with two attached hydrogens (primary N) is 1. The molecule has 1 saturated carbocycles. The van der Waals surface area contributed by atoms with E-state index in [2.05, 4.69) is 0 Å². The first-order valence-electron chi connectivity index (χ1n) is 5.60. The molecule has 2 N–H and O–H groups in total. The molecule has 5 heteroatoms. The number of carbonyl (C=O) groups excluding carboxylic acids is 2. The summed E-state index contributed by atoms with van der Waals surface area (Å²) < 4.78 is 5.28. The van der Waals surface area contributed by atoms with E-state index in [-0.39, 0.29) is 6.04 Å². The lowest BCUT2D eigenvalue weighted by atomic mass is 10.1. The Kier molecular flexibility index (Phi) is 2.36. The van der Waals surface area contributed by atoms with Crippen molar-refractivity contribution in [3.05, 3.63) is 0 Å². The molecular weight excluding hydrogens is 208 g/mol.